The molecule has 50 valence electrons. The molecule has 0 saturated carbocycles. The van der Waals surface area contributed by atoms with Crippen molar-refractivity contribution in [3.63, 3.8) is 0 Å². The van der Waals surface area contributed by atoms with Gasteiger partial charge in [-0.3, -0.25) is 0 Å². The van der Waals surface area contributed by atoms with Gasteiger partial charge in [0.1, 0.15) is 0 Å². The smallest absolute Gasteiger partial charge is 0.418 e. The largest absolute Gasteiger partial charge is 0.468 e. The van der Waals surface area contributed by atoms with Gasteiger partial charge in [0.05, 0.1) is 0 Å². The zero-order valence-electron chi connectivity index (χ0n) is 5.38. The molecule has 0 spiro atoms. The lowest BCUT2D eigenvalue weighted by atomic mass is 11.8. The first-order valence-corrected chi connectivity index (χ1v) is 7.37. The van der Waals surface area contributed by atoms with E-state index in [0.717, 1.165) is 0 Å². The van der Waals surface area contributed by atoms with Crippen LogP contribution in [0, 0.1) is 0 Å². The minimum Gasteiger partial charge on any atom is -0.418 e. The molecule has 5 heteroatoms. The lowest BCUT2D eigenvalue weighted by Gasteiger charge is -2.16. The van der Waals surface area contributed by atoms with E-state index in [1.165, 1.54) is 0 Å². The summed E-state index contributed by atoms with van der Waals surface area (Å²) in [5, 5.41) is 0. The van der Waals surface area contributed by atoms with Crippen LogP contribution in [0.4, 0.5) is 0 Å². The highest BCUT2D eigenvalue weighted by Gasteiger charge is 2.18. The maximum Gasteiger partial charge on any atom is 0.468 e. The maximum absolute atomic E-state index is 8.39. The molecule has 0 aliphatic heterocycles. The Hall–Kier alpha value is 0.314. The van der Waals surface area contributed by atoms with E-state index in [1.54, 1.807) is 0 Å². The fourth-order valence-corrected chi connectivity index (χ4v) is 2.85. The average Bonchev–Trinajstić information content (AvgIpc) is 1.21. The Kier molecular flexibility index (Phi) is 2.85. The summed E-state index contributed by atoms with van der Waals surface area (Å²) in [6.45, 7) is 5.75. The highest BCUT2D eigenvalue weighted by atomic mass is 28.4. The van der Waals surface area contributed by atoms with E-state index in [4.69, 9.17) is 13.7 Å². The summed E-state index contributed by atoms with van der Waals surface area (Å²) in [6.07, 6.45) is 0. The zero-order valence-corrected chi connectivity index (χ0v) is 7.53. The van der Waals surface area contributed by atoms with Crippen LogP contribution in [0.2, 0.25) is 19.6 Å². The van der Waals surface area contributed by atoms with Crippen LogP contribution in [-0.4, -0.2) is 27.4 Å². The van der Waals surface area contributed by atoms with Crippen molar-refractivity contribution >= 4 is 17.8 Å². The predicted molar refractivity (Wildman–Crippen MR) is 36.0 cm³/mol. The summed E-state index contributed by atoms with van der Waals surface area (Å²) in [6, 6.07) is 0. The molecule has 0 fully saturated rings. The fraction of sp³-hybridized carbons (Fsp3) is 1.00. The van der Waals surface area contributed by atoms with Crippen molar-refractivity contribution in [1.29, 1.82) is 0 Å². The van der Waals surface area contributed by atoms with E-state index >= 15 is 0 Å². The Morgan fingerprint density at radius 2 is 1.62 bits per heavy atom. The van der Waals surface area contributed by atoms with Crippen LogP contribution in [0.5, 0.6) is 0 Å². The van der Waals surface area contributed by atoms with Gasteiger partial charge in [-0.25, -0.2) is 0 Å². The highest BCUT2D eigenvalue weighted by molar-refractivity contribution is 6.74. The fourth-order valence-electron chi connectivity index (χ4n) is 0.316. The van der Waals surface area contributed by atoms with Gasteiger partial charge in [-0.2, -0.15) is 0 Å². The van der Waals surface area contributed by atoms with Crippen molar-refractivity contribution in [2.24, 2.45) is 0 Å². The lowest BCUT2D eigenvalue weighted by molar-refractivity contribution is 0.285. The van der Waals surface area contributed by atoms with E-state index < -0.39 is 17.8 Å². The normalized spacial score (nSPS) is 12.8. The van der Waals surface area contributed by atoms with Gasteiger partial charge in [-0.1, -0.05) is 0 Å². The maximum atomic E-state index is 8.39. The first-order valence-electron chi connectivity index (χ1n) is 2.46. The first kappa shape index (κ1) is 8.31. The van der Waals surface area contributed by atoms with Crippen molar-refractivity contribution in [3.8, 4) is 0 Å². The van der Waals surface area contributed by atoms with Gasteiger partial charge in [0.15, 0.2) is 8.32 Å². The Morgan fingerprint density at radius 3 is 1.62 bits per heavy atom. The molecule has 0 heterocycles. The van der Waals surface area contributed by atoms with E-state index in [9.17, 15) is 0 Å². The zero-order chi connectivity index (χ0) is 6.78. The minimum atomic E-state index is -2.73. The van der Waals surface area contributed by atoms with Crippen LogP contribution < -0.4 is 0 Å². The molecule has 0 radical (unpaired) electrons. The second kappa shape index (κ2) is 2.74. The molecule has 0 aliphatic carbocycles. The molecule has 0 atom stereocenters. The summed E-state index contributed by atoms with van der Waals surface area (Å²) in [4.78, 5) is 16.8. The summed E-state index contributed by atoms with van der Waals surface area (Å²) >= 11 is 0. The number of hydrogen-bond acceptors (Lipinski definition) is 3. The standard InChI is InChI=1S/C3H12O3Si2/c1-8(2,3)6-7(4)5/h4-5,7H,1-3H3. The van der Waals surface area contributed by atoms with E-state index in [2.05, 4.69) is 0 Å². The van der Waals surface area contributed by atoms with Gasteiger partial charge in [0.2, 0.25) is 0 Å². The second-order valence-electron chi connectivity index (χ2n) is 2.56. The summed E-state index contributed by atoms with van der Waals surface area (Å²) in [7, 11) is -4.39. The lowest BCUT2D eigenvalue weighted by Crippen LogP contribution is -2.34. The summed E-state index contributed by atoms with van der Waals surface area (Å²) in [5.74, 6) is 0. The number of rotatable bonds is 2. The van der Waals surface area contributed by atoms with E-state index in [0.29, 0.717) is 0 Å². The van der Waals surface area contributed by atoms with Crippen molar-refractivity contribution in [1.82, 2.24) is 0 Å². The molecule has 3 nitrogen and oxygen atoms in total. The third-order valence-corrected chi connectivity index (χ3v) is 4.13. The van der Waals surface area contributed by atoms with Crippen molar-refractivity contribution < 1.29 is 13.7 Å². The Bertz CT molecular complexity index is 67.4. The first-order chi connectivity index (χ1) is 3.42. The molecule has 8 heavy (non-hydrogen) atoms. The Morgan fingerprint density at radius 1 is 1.25 bits per heavy atom. The third-order valence-electron chi connectivity index (χ3n) is 0.459. The van der Waals surface area contributed by atoms with Crippen LogP contribution >= 0.6 is 0 Å². The van der Waals surface area contributed by atoms with Gasteiger partial charge < -0.3 is 13.7 Å². The molecular formula is C3H12O3Si2. The SMILES string of the molecule is C[Si](C)(C)O[SiH](O)O. The molecule has 0 aliphatic rings. The van der Waals surface area contributed by atoms with Crippen LogP contribution in [-0.2, 0) is 4.12 Å². The summed E-state index contributed by atoms with van der Waals surface area (Å²) in [5.41, 5.74) is 0. The quantitative estimate of drug-likeness (QED) is 0.526. The Labute approximate surface area is 52.0 Å². The van der Waals surface area contributed by atoms with Crippen LogP contribution in [0.1, 0.15) is 0 Å². The van der Waals surface area contributed by atoms with E-state index in [-0.39, 0.29) is 0 Å². The third kappa shape index (κ3) is 6.31. The van der Waals surface area contributed by atoms with Gasteiger partial charge in [-0.15, -0.1) is 0 Å². The molecule has 0 unspecified atom stereocenters. The van der Waals surface area contributed by atoms with Crippen molar-refractivity contribution in [3.05, 3.63) is 0 Å². The molecule has 0 rings (SSSR count). The summed E-state index contributed by atoms with van der Waals surface area (Å²) < 4.78 is 4.83. The van der Waals surface area contributed by atoms with Gasteiger partial charge in [-0.05, 0) is 19.6 Å². The van der Waals surface area contributed by atoms with Crippen molar-refractivity contribution in [2.75, 3.05) is 0 Å². The minimum absolute atomic E-state index is 1.66. The molecule has 2 N–H and O–H groups in total. The van der Waals surface area contributed by atoms with Crippen LogP contribution in [0.15, 0.2) is 0 Å². The Balaban J connectivity index is 3.39. The molecule has 0 bridgehead atoms. The van der Waals surface area contributed by atoms with Gasteiger partial charge >= 0.3 is 9.53 Å². The molecule has 0 aromatic heterocycles. The average molecular weight is 152 g/mol. The molecule has 0 amide bonds. The second-order valence-corrected chi connectivity index (χ2v) is 8.38. The molecular weight excluding hydrogens is 140 g/mol. The number of hydrogen-bond donors (Lipinski definition) is 2. The van der Waals surface area contributed by atoms with Gasteiger partial charge in [0.25, 0.3) is 0 Å². The molecule has 0 aromatic rings. The van der Waals surface area contributed by atoms with Crippen molar-refractivity contribution in [2.45, 2.75) is 19.6 Å². The van der Waals surface area contributed by atoms with Crippen LogP contribution in [0.25, 0.3) is 0 Å². The van der Waals surface area contributed by atoms with E-state index in [1.807, 2.05) is 19.6 Å². The highest BCUT2D eigenvalue weighted by Crippen LogP contribution is 2.01. The predicted octanol–water partition coefficient (Wildman–Crippen LogP) is -0.460. The van der Waals surface area contributed by atoms with Crippen LogP contribution in [0.3, 0.4) is 0 Å². The molecule has 0 saturated heterocycles. The van der Waals surface area contributed by atoms with Gasteiger partial charge in [0, 0.05) is 0 Å². The molecule has 0 aromatic carbocycles. The topological polar surface area (TPSA) is 49.7 Å². The monoisotopic (exact) mass is 152 g/mol.